The molecule has 3 fully saturated rings. The molecule has 104 valence electrons. The molecule has 3 aliphatic carbocycles. The first kappa shape index (κ1) is 13.0. The number of hydrogen-bond donors (Lipinski definition) is 1. The summed E-state index contributed by atoms with van der Waals surface area (Å²) in [6.07, 6.45) is 11.8. The van der Waals surface area contributed by atoms with Crippen molar-refractivity contribution in [3.8, 4) is 0 Å². The SMILES string of the molecule is CC(C)(C)C1CCC(NC2CC3CCC2C3)CC1. The van der Waals surface area contributed by atoms with Crippen molar-refractivity contribution in [2.24, 2.45) is 23.2 Å². The van der Waals surface area contributed by atoms with Gasteiger partial charge in [-0.2, -0.15) is 0 Å². The average molecular weight is 249 g/mol. The highest BCUT2D eigenvalue weighted by molar-refractivity contribution is 4.96. The van der Waals surface area contributed by atoms with Crippen LogP contribution in [-0.4, -0.2) is 12.1 Å². The van der Waals surface area contributed by atoms with Crippen molar-refractivity contribution in [3.63, 3.8) is 0 Å². The van der Waals surface area contributed by atoms with Crippen molar-refractivity contribution in [3.05, 3.63) is 0 Å². The van der Waals surface area contributed by atoms with E-state index < -0.39 is 0 Å². The van der Waals surface area contributed by atoms with Crippen LogP contribution in [0.5, 0.6) is 0 Å². The molecule has 0 aromatic heterocycles. The maximum absolute atomic E-state index is 4.02. The molecule has 1 nitrogen and oxygen atoms in total. The van der Waals surface area contributed by atoms with Gasteiger partial charge in [0.1, 0.15) is 0 Å². The largest absolute Gasteiger partial charge is 0.311 e. The minimum Gasteiger partial charge on any atom is -0.311 e. The molecule has 3 aliphatic rings. The zero-order valence-electron chi connectivity index (χ0n) is 12.5. The second kappa shape index (κ2) is 4.81. The molecule has 3 saturated carbocycles. The fourth-order valence-corrected chi connectivity index (χ4v) is 4.88. The quantitative estimate of drug-likeness (QED) is 0.766. The van der Waals surface area contributed by atoms with Gasteiger partial charge in [-0.3, -0.25) is 0 Å². The van der Waals surface area contributed by atoms with Crippen LogP contribution in [0.1, 0.15) is 72.1 Å². The van der Waals surface area contributed by atoms with Crippen LogP contribution < -0.4 is 5.32 Å². The molecule has 0 amide bonds. The Bertz CT molecular complexity index is 282. The fraction of sp³-hybridized carbons (Fsp3) is 1.00. The Morgan fingerprint density at radius 2 is 1.56 bits per heavy atom. The molecule has 3 unspecified atom stereocenters. The van der Waals surface area contributed by atoms with Gasteiger partial charge in [0.15, 0.2) is 0 Å². The number of hydrogen-bond acceptors (Lipinski definition) is 1. The lowest BCUT2D eigenvalue weighted by atomic mass is 9.71. The van der Waals surface area contributed by atoms with Crippen molar-refractivity contribution < 1.29 is 0 Å². The Hall–Kier alpha value is -0.0400. The molecule has 0 heterocycles. The van der Waals surface area contributed by atoms with Crippen LogP contribution in [0.15, 0.2) is 0 Å². The van der Waals surface area contributed by atoms with Crippen molar-refractivity contribution in [1.29, 1.82) is 0 Å². The van der Waals surface area contributed by atoms with Crippen LogP contribution in [0.4, 0.5) is 0 Å². The Balaban J connectivity index is 1.46. The first-order chi connectivity index (χ1) is 8.52. The van der Waals surface area contributed by atoms with Crippen molar-refractivity contribution in [2.75, 3.05) is 0 Å². The zero-order valence-corrected chi connectivity index (χ0v) is 12.5. The van der Waals surface area contributed by atoms with Gasteiger partial charge in [0.25, 0.3) is 0 Å². The lowest BCUT2D eigenvalue weighted by Gasteiger charge is -2.39. The molecule has 0 radical (unpaired) electrons. The Morgan fingerprint density at radius 1 is 0.833 bits per heavy atom. The van der Waals surface area contributed by atoms with Gasteiger partial charge >= 0.3 is 0 Å². The van der Waals surface area contributed by atoms with Gasteiger partial charge in [-0.25, -0.2) is 0 Å². The summed E-state index contributed by atoms with van der Waals surface area (Å²) in [5, 5.41) is 4.02. The van der Waals surface area contributed by atoms with Gasteiger partial charge in [-0.05, 0) is 68.1 Å². The maximum Gasteiger partial charge on any atom is 0.0101 e. The molecule has 0 aromatic rings. The first-order valence-corrected chi connectivity index (χ1v) is 8.28. The monoisotopic (exact) mass is 249 g/mol. The van der Waals surface area contributed by atoms with E-state index in [1.807, 2.05) is 0 Å². The third-order valence-electron chi connectivity index (χ3n) is 6.14. The second-order valence-electron chi connectivity index (χ2n) is 8.36. The minimum atomic E-state index is 0.525. The van der Waals surface area contributed by atoms with Gasteiger partial charge < -0.3 is 5.32 Å². The molecule has 0 spiro atoms. The van der Waals surface area contributed by atoms with Crippen molar-refractivity contribution in [2.45, 2.75) is 84.2 Å². The van der Waals surface area contributed by atoms with E-state index in [1.165, 1.54) is 51.4 Å². The molecular weight excluding hydrogens is 218 g/mol. The molecule has 18 heavy (non-hydrogen) atoms. The van der Waals surface area contributed by atoms with E-state index in [2.05, 4.69) is 26.1 Å². The zero-order chi connectivity index (χ0) is 12.8. The van der Waals surface area contributed by atoms with Crippen molar-refractivity contribution in [1.82, 2.24) is 5.32 Å². The molecule has 0 aliphatic heterocycles. The Morgan fingerprint density at radius 3 is 2.06 bits per heavy atom. The smallest absolute Gasteiger partial charge is 0.0101 e. The molecule has 0 aromatic carbocycles. The highest BCUT2D eigenvalue weighted by Crippen LogP contribution is 2.45. The van der Waals surface area contributed by atoms with E-state index in [0.29, 0.717) is 5.41 Å². The summed E-state index contributed by atoms with van der Waals surface area (Å²) in [5.74, 6) is 3.07. The highest BCUT2D eigenvalue weighted by atomic mass is 15.0. The Labute approximate surface area is 113 Å². The standard InChI is InChI=1S/C17H31N/c1-17(2,3)14-6-8-15(9-7-14)18-16-11-12-4-5-13(16)10-12/h12-16,18H,4-11H2,1-3H3. The molecule has 2 bridgehead atoms. The molecule has 3 atom stereocenters. The summed E-state index contributed by atoms with van der Waals surface area (Å²) in [6, 6.07) is 1.73. The second-order valence-corrected chi connectivity index (χ2v) is 8.36. The van der Waals surface area contributed by atoms with E-state index in [-0.39, 0.29) is 0 Å². The molecule has 1 heteroatoms. The summed E-state index contributed by atoms with van der Waals surface area (Å²) >= 11 is 0. The van der Waals surface area contributed by atoms with Gasteiger partial charge in [0, 0.05) is 12.1 Å². The molecule has 3 rings (SSSR count). The van der Waals surface area contributed by atoms with Crippen LogP contribution in [0.2, 0.25) is 0 Å². The predicted octanol–water partition coefficient (Wildman–Crippen LogP) is 4.37. The average Bonchev–Trinajstić information content (AvgIpc) is 2.90. The van der Waals surface area contributed by atoms with Gasteiger partial charge in [-0.1, -0.05) is 27.2 Å². The third kappa shape index (κ3) is 2.61. The Kier molecular flexibility index (Phi) is 3.47. The lowest BCUT2D eigenvalue weighted by molar-refractivity contribution is 0.151. The van der Waals surface area contributed by atoms with Crippen LogP contribution in [0.3, 0.4) is 0 Å². The predicted molar refractivity (Wildman–Crippen MR) is 77.6 cm³/mol. The van der Waals surface area contributed by atoms with Gasteiger partial charge in [-0.15, -0.1) is 0 Å². The fourth-order valence-electron chi connectivity index (χ4n) is 4.88. The van der Waals surface area contributed by atoms with Crippen LogP contribution in [-0.2, 0) is 0 Å². The number of fused-ring (bicyclic) bond motifs is 2. The molecule has 0 saturated heterocycles. The van der Waals surface area contributed by atoms with E-state index in [0.717, 1.165) is 29.8 Å². The number of nitrogens with one attached hydrogen (secondary N) is 1. The van der Waals surface area contributed by atoms with Crippen LogP contribution in [0, 0.1) is 23.2 Å². The topological polar surface area (TPSA) is 12.0 Å². The normalized spacial score (nSPS) is 44.5. The summed E-state index contributed by atoms with van der Waals surface area (Å²) in [5.41, 5.74) is 0.525. The maximum atomic E-state index is 4.02. The number of rotatable bonds is 2. The van der Waals surface area contributed by atoms with E-state index in [9.17, 15) is 0 Å². The molecule has 1 N–H and O–H groups in total. The lowest BCUT2D eigenvalue weighted by Crippen LogP contribution is -2.44. The minimum absolute atomic E-state index is 0.525. The summed E-state index contributed by atoms with van der Waals surface area (Å²) in [4.78, 5) is 0. The third-order valence-corrected chi connectivity index (χ3v) is 6.14. The van der Waals surface area contributed by atoms with Gasteiger partial charge in [0.05, 0.1) is 0 Å². The highest BCUT2D eigenvalue weighted by Gasteiger charge is 2.40. The summed E-state index contributed by atoms with van der Waals surface area (Å²) in [6.45, 7) is 7.25. The summed E-state index contributed by atoms with van der Waals surface area (Å²) in [7, 11) is 0. The van der Waals surface area contributed by atoms with E-state index in [4.69, 9.17) is 0 Å². The molecular formula is C17H31N. The van der Waals surface area contributed by atoms with E-state index >= 15 is 0 Å². The first-order valence-electron chi connectivity index (χ1n) is 8.28. The van der Waals surface area contributed by atoms with Crippen molar-refractivity contribution >= 4 is 0 Å². The summed E-state index contributed by atoms with van der Waals surface area (Å²) < 4.78 is 0. The van der Waals surface area contributed by atoms with Gasteiger partial charge in [0.2, 0.25) is 0 Å². The van der Waals surface area contributed by atoms with Crippen LogP contribution >= 0.6 is 0 Å². The van der Waals surface area contributed by atoms with E-state index in [1.54, 1.807) is 0 Å². The van der Waals surface area contributed by atoms with Crippen LogP contribution in [0.25, 0.3) is 0 Å².